The standard InChI is InChI=1S/C19H29N3O2S/c1-9-22-10-18(16(7)20-22)17(8)21-25(23,24)19-14(5)12(3)11(2)13(4)15(19)6/h10,17,21H,9H2,1-8H3. The van der Waals surface area contributed by atoms with Crippen LogP contribution in [0.4, 0.5) is 0 Å². The van der Waals surface area contributed by atoms with Crippen LogP contribution in [0.15, 0.2) is 11.1 Å². The minimum atomic E-state index is -3.63. The van der Waals surface area contributed by atoms with Gasteiger partial charge in [-0.1, -0.05) is 0 Å². The second-order valence-electron chi connectivity index (χ2n) is 6.82. The molecule has 0 fully saturated rings. The number of nitrogens with one attached hydrogen (secondary N) is 1. The van der Waals surface area contributed by atoms with E-state index in [2.05, 4.69) is 9.82 Å². The molecule has 5 nitrogen and oxygen atoms in total. The van der Waals surface area contributed by atoms with Crippen molar-refractivity contribution in [2.75, 3.05) is 0 Å². The summed E-state index contributed by atoms with van der Waals surface area (Å²) in [5.41, 5.74) is 6.62. The van der Waals surface area contributed by atoms with Crippen LogP contribution >= 0.6 is 0 Å². The molecule has 25 heavy (non-hydrogen) atoms. The van der Waals surface area contributed by atoms with Gasteiger partial charge in [-0.15, -0.1) is 0 Å². The lowest BCUT2D eigenvalue weighted by Crippen LogP contribution is -2.29. The summed E-state index contributed by atoms with van der Waals surface area (Å²) >= 11 is 0. The first kappa shape index (κ1) is 19.7. The molecule has 0 amide bonds. The second kappa shape index (κ2) is 6.92. The Labute approximate surface area is 151 Å². The van der Waals surface area contributed by atoms with Crippen LogP contribution in [0.1, 0.15) is 59.0 Å². The van der Waals surface area contributed by atoms with Gasteiger partial charge in [-0.3, -0.25) is 4.68 Å². The molecule has 0 radical (unpaired) electrons. The van der Waals surface area contributed by atoms with Crippen LogP contribution in [0.25, 0.3) is 0 Å². The SMILES string of the molecule is CCn1cc(C(C)NS(=O)(=O)c2c(C)c(C)c(C)c(C)c2C)c(C)n1. The van der Waals surface area contributed by atoms with Gasteiger partial charge in [0.2, 0.25) is 10.0 Å². The van der Waals surface area contributed by atoms with Gasteiger partial charge < -0.3 is 0 Å². The zero-order chi connectivity index (χ0) is 19.1. The number of hydrogen-bond acceptors (Lipinski definition) is 3. The van der Waals surface area contributed by atoms with E-state index in [9.17, 15) is 8.42 Å². The summed E-state index contributed by atoms with van der Waals surface area (Å²) < 4.78 is 30.9. The molecule has 138 valence electrons. The first-order valence-electron chi connectivity index (χ1n) is 8.64. The summed E-state index contributed by atoms with van der Waals surface area (Å²) in [7, 11) is -3.63. The van der Waals surface area contributed by atoms with Crippen molar-refractivity contribution in [2.45, 2.75) is 72.9 Å². The molecule has 0 aliphatic rings. The van der Waals surface area contributed by atoms with Crippen LogP contribution in [-0.2, 0) is 16.6 Å². The van der Waals surface area contributed by atoms with Crippen molar-refractivity contribution in [3.63, 3.8) is 0 Å². The van der Waals surface area contributed by atoms with Gasteiger partial charge >= 0.3 is 0 Å². The summed E-state index contributed by atoms with van der Waals surface area (Å²) in [6.07, 6.45) is 1.91. The van der Waals surface area contributed by atoms with Gasteiger partial charge in [0.15, 0.2) is 0 Å². The Balaban J connectivity index is 2.48. The number of benzene rings is 1. The van der Waals surface area contributed by atoms with Crippen molar-refractivity contribution in [3.8, 4) is 0 Å². The summed E-state index contributed by atoms with van der Waals surface area (Å²) in [4.78, 5) is 0.403. The molecule has 1 unspecified atom stereocenters. The van der Waals surface area contributed by atoms with Crippen LogP contribution in [-0.4, -0.2) is 18.2 Å². The third kappa shape index (κ3) is 3.51. The highest BCUT2D eigenvalue weighted by molar-refractivity contribution is 7.89. The third-order valence-electron chi connectivity index (χ3n) is 5.31. The largest absolute Gasteiger partial charge is 0.272 e. The molecule has 0 aliphatic heterocycles. The number of nitrogens with zero attached hydrogens (tertiary/aromatic N) is 2. The summed E-state index contributed by atoms with van der Waals surface area (Å²) in [6.45, 7) is 16.3. The Morgan fingerprint density at radius 3 is 1.92 bits per heavy atom. The van der Waals surface area contributed by atoms with Crippen molar-refractivity contribution in [1.29, 1.82) is 0 Å². The van der Waals surface area contributed by atoms with Crippen LogP contribution in [0.5, 0.6) is 0 Å². The molecule has 1 aromatic heterocycles. The monoisotopic (exact) mass is 363 g/mol. The van der Waals surface area contributed by atoms with Gasteiger partial charge in [-0.05, 0) is 83.2 Å². The quantitative estimate of drug-likeness (QED) is 0.879. The number of hydrogen-bond donors (Lipinski definition) is 1. The average Bonchev–Trinajstić information content (AvgIpc) is 2.91. The summed E-state index contributed by atoms with van der Waals surface area (Å²) in [5, 5.41) is 4.41. The summed E-state index contributed by atoms with van der Waals surface area (Å²) in [5.74, 6) is 0. The molecule has 6 heteroatoms. The molecule has 0 spiro atoms. The molecular formula is C19H29N3O2S. The maximum Gasteiger partial charge on any atom is 0.241 e. The lowest BCUT2D eigenvalue weighted by atomic mass is 9.95. The molecule has 2 aromatic rings. The Hall–Kier alpha value is -1.66. The fraction of sp³-hybridized carbons (Fsp3) is 0.526. The first-order valence-corrected chi connectivity index (χ1v) is 10.1. The second-order valence-corrected chi connectivity index (χ2v) is 8.47. The van der Waals surface area contributed by atoms with E-state index in [-0.39, 0.29) is 6.04 Å². The predicted molar refractivity (Wildman–Crippen MR) is 102 cm³/mol. The first-order chi connectivity index (χ1) is 11.5. The fourth-order valence-electron chi connectivity index (χ4n) is 3.34. The van der Waals surface area contributed by atoms with E-state index in [1.165, 1.54) is 0 Å². The zero-order valence-electron chi connectivity index (χ0n) is 16.5. The molecule has 1 N–H and O–H groups in total. The van der Waals surface area contributed by atoms with E-state index in [0.717, 1.165) is 45.6 Å². The normalized spacial score (nSPS) is 13.3. The number of aromatic nitrogens is 2. The van der Waals surface area contributed by atoms with E-state index in [4.69, 9.17) is 0 Å². The van der Waals surface area contributed by atoms with Crippen molar-refractivity contribution in [1.82, 2.24) is 14.5 Å². The van der Waals surface area contributed by atoms with E-state index < -0.39 is 10.0 Å². The number of aryl methyl sites for hydroxylation is 2. The minimum absolute atomic E-state index is 0.342. The maximum absolute atomic E-state index is 13.1. The molecule has 1 atom stereocenters. The fourth-order valence-corrected chi connectivity index (χ4v) is 5.17. The van der Waals surface area contributed by atoms with Crippen LogP contribution in [0, 0.1) is 41.5 Å². The molecular weight excluding hydrogens is 334 g/mol. The smallest absolute Gasteiger partial charge is 0.241 e. The third-order valence-corrected chi connectivity index (χ3v) is 7.12. The van der Waals surface area contributed by atoms with E-state index in [1.807, 2.05) is 66.3 Å². The van der Waals surface area contributed by atoms with Gasteiger partial charge in [0.1, 0.15) is 0 Å². The molecule has 0 aliphatic carbocycles. The van der Waals surface area contributed by atoms with Crippen LogP contribution in [0.3, 0.4) is 0 Å². The zero-order valence-corrected chi connectivity index (χ0v) is 17.3. The van der Waals surface area contributed by atoms with Gasteiger partial charge in [0.05, 0.1) is 10.6 Å². The highest BCUT2D eigenvalue weighted by Crippen LogP contribution is 2.30. The molecule has 0 saturated heterocycles. The number of rotatable bonds is 5. The highest BCUT2D eigenvalue weighted by atomic mass is 32.2. The van der Waals surface area contributed by atoms with Gasteiger partial charge in [-0.25, -0.2) is 13.1 Å². The summed E-state index contributed by atoms with van der Waals surface area (Å²) in [6, 6.07) is -0.342. The Morgan fingerprint density at radius 1 is 1.00 bits per heavy atom. The lowest BCUT2D eigenvalue weighted by Gasteiger charge is -2.21. The van der Waals surface area contributed by atoms with Crippen molar-refractivity contribution in [3.05, 3.63) is 45.3 Å². The molecule has 1 aromatic carbocycles. The van der Waals surface area contributed by atoms with Crippen molar-refractivity contribution >= 4 is 10.0 Å². The molecule has 1 heterocycles. The van der Waals surface area contributed by atoms with Crippen molar-refractivity contribution in [2.24, 2.45) is 0 Å². The molecule has 0 bridgehead atoms. The molecule has 2 rings (SSSR count). The van der Waals surface area contributed by atoms with Gasteiger partial charge in [0, 0.05) is 24.3 Å². The van der Waals surface area contributed by atoms with E-state index in [0.29, 0.717) is 4.90 Å². The highest BCUT2D eigenvalue weighted by Gasteiger charge is 2.26. The maximum atomic E-state index is 13.1. The average molecular weight is 364 g/mol. The topological polar surface area (TPSA) is 64.0 Å². The number of sulfonamides is 1. The Kier molecular flexibility index (Phi) is 5.44. The Bertz CT molecular complexity index is 882. The van der Waals surface area contributed by atoms with Crippen LogP contribution in [0.2, 0.25) is 0 Å². The minimum Gasteiger partial charge on any atom is -0.272 e. The Morgan fingerprint density at radius 2 is 1.48 bits per heavy atom. The van der Waals surface area contributed by atoms with E-state index in [1.54, 1.807) is 0 Å². The lowest BCUT2D eigenvalue weighted by molar-refractivity contribution is 0.564. The molecule has 0 saturated carbocycles. The van der Waals surface area contributed by atoms with E-state index >= 15 is 0 Å². The van der Waals surface area contributed by atoms with Gasteiger partial charge in [-0.2, -0.15) is 5.10 Å². The van der Waals surface area contributed by atoms with Crippen molar-refractivity contribution < 1.29 is 8.42 Å². The van der Waals surface area contributed by atoms with Crippen LogP contribution < -0.4 is 4.72 Å². The predicted octanol–water partition coefficient (Wildman–Crippen LogP) is 3.79. The van der Waals surface area contributed by atoms with Gasteiger partial charge in [0.25, 0.3) is 0 Å².